The van der Waals surface area contributed by atoms with Gasteiger partial charge in [0.25, 0.3) is 0 Å². The van der Waals surface area contributed by atoms with Crippen molar-refractivity contribution >= 4 is 5.82 Å². The lowest BCUT2D eigenvalue weighted by molar-refractivity contribution is 0.260. The maximum absolute atomic E-state index is 5.72. The summed E-state index contributed by atoms with van der Waals surface area (Å²) in [6.07, 6.45) is 1.90. The van der Waals surface area contributed by atoms with E-state index in [-0.39, 0.29) is 5.54 Å². The second-order valence-electron chi connectivity index (χ2n) is 6.34. The van der Waals surface area contributed by atoms with Crippen LogP contribution < -0.4 is 10.1 Å². The Labute approximate surface area is 117 Å². The van der Waals surface area contributed by atoms with Gasteiger partial charge in [-0.25, -0.2) is 4.98 Å². The van der Waals surface area contributed by atoms with Gasteiger partial charge in [0.05, 0.1) is 6.61 Å². The molecule has 1 heterocycles. The zero-order chi connectivity index (χ0) is 14.5. The molecule has 1 N–H and O–H groups in total. The zero-order valence-electron chi connectivity index (χ0n) is 13.1. The first kappa shape index (κ1) is 15.7. The fourth-order valence-electron chi connectivity index (χ4n) is 1.58. The van der Waals surface area contributed by atoms with Crippen molar-refractivity contribution in [2.24, 2.45) is 5.92 Å². The Bertz CT molecular complexity index is 397. The van der Waals surface area contributed by atoms with E-state index < -0.39 is 0 Å². The summed E-state index contributed by atoms with van der Waals surface area (Å²) in [5.74, 6) is 2.84. The fraction of sp³-hybridized carbons (Fsp3) is 0.733. The SMILES string of the molecule is CCCc1nc(NC(C)(C)C)cc(OCC(C)C)n1. The van der Waals surface area contributed by atoms with Crippen molar-refractivity contribution in [3.8, 4) is 5.88 Å². The Morgan fingerprint density at radius 3 is 2.47 bits per heavy atom. The number of nitrogens with one attached hydrogen (secondary N) is 1. The van der Waals surface area contributed by atoms with Gasteiger partial charge in [0.15, 0.2) is 0 Å². The maximum Gasteiger partial charge on any atom is 0.218 e. The molecule has 0 amide bonds. The Balaban J connectivity index is 2.90. The van der Waals surface area contributed by atoms with Crippen molar-refractivity contribution in [2.75, 3.05) is 11.9 Å². The molecule has 1 aromatic heterocycles. The fourth-order valence-corrected chi connectivity index (χ4v) is 1.58. The lowest BCUT2D eigenvalue weighted by atomic mass is 10.1. The highest BCUT2D eigenvalue weighted by molar-refractivity contribution is 5.40. The van der Waals surface area contributed by atoms with Gasteiger partial charge in [0, 0.05) is 18.0 Å². The summed E-state index contributed by atoms with van der Waals surface area (Å²) >= 11 is 0. The van der Waals surface area contributed by atoms with Crippen LogP contribution in [0.3, 0.4) is 0 Å². The van der Waals surface area contributed by atoms with Gasteiger partial charge in [0.2, 0.25) is 5.88 Å². The maximum atomic E-state index is 5.72. The van der Waals surface area contributed by atoms with Crippen molar-refractivity contribution in [1.29, 1.82) is 0 Å². The molecule has 0 aliphatic carbocycles. The molecule has 0 aliphatic heterocycles. The summed E-state index contributed by atoms with van der Waals surface area (Å²) in [5, 5.41) is 3.38. The molecule has 0 saturated carbocycles. The summed E-state index contributed by atoms with van der Waals surface area (Å²) < 4.78 is 5.72. The van der Waals surface area contributed by atoms with Crippen molar-refractivity contribution in [3.05, 3.63) is 11.9 Å². The third kappa shape index (κ3) is 6.41. The number of rotatable bonds is 6. The van der Waals surface area contributed by atoms with E-state index in [4.69, 9.17) is 4.74 Å². The van der Waals surface area contributed by atoms with E-state index in [9.17, 15) is 0 Å². The number of anilines is 1. The molecule has 4 heteroatoms. The van der Waals surface area contributed by atoms with Crippen molar-refractivity contribution in [3.63, 3.8) is 0 Å². The Morgan fingerprint density at radius 2 is 1.95 bits per heavy atom. The smallest absolute Gasteiger partial charge is 0.218 e. The van der Waals surface area contributed by atoms with Crippen LogP contribution in [0.25, 0.3) is 0 Å². The molecule has 0 unspecified atom stereocenters. The zero-order valence-corrected chi connectivity index (χ0v) is 13.1. The van der Waals surface area contributed by atoms with Gasteiger partial charge in [-0.05, 0) is 33.1 Å². The van der Waals surface area contributed by atoms with Crippen LogP contribution in [0.1, 0.15) is 53.8 Å². The number of ether oxygens (including phenoxy) is 1. The molecule has 0 bridgehead atoms. The highest BCUT2D eigenvalue weighted by Crippen LogP contribution is 2.18. The highest BCUT2D eigenvalue weighted by Gasteiger charge is 2.13. The standard InChI is InChI=1S/C15H27N3O/c1-7-8-12-16-13(18-15(4,5)6)9-14(17-12)19-10-11(2)3/h9,11H,7-8,10H2,1-6H3,(H,16,17,18). The number of nitrogens with zero attached hydrogens (tertiary/aromatic N) is 2. The summed E-state index contributed by atoms with van der Waals surface area (Å²) in [6, 6.07) is 1.88. The van der Waals surface area contributed by atoms with Gasteiger partial charge < -0.3 is 10.1 Å². The molecule has 0 fully saturated rings. The predicted octanol–water partition coefficient (Wildman–Crippen LogP) is 3.67. The third-order valence-corrected chi connectivity index (χ3v) is 2.29. The summed E-state index contributed by atoms with van der Waals surface area (Å²) in [4.78, 5) is 8.99. The van der Waals surface area contributed by atoms with E-state index in [0.29, 0.717) is 18.4 Å². The van der Waals surface area contributed by atoms with E-state index in [1.54, 1.807) is 0 Å². The quantitative estimate of drug-likeness (QED) is 0.852. The second kappa shape index (κ2) is 6.73. The van der Waals surface area contributed by atoms with E-state index >= 15 is 0 Å². The minimum Gasteiger partial charge on any atom is -0.477 e. The monoisotopic (exact) mass is 265 g/mol. The van der Waals surface area contributed by atoms with Crippen molar-refractivity contribution < 1.29 is 4.74 Å². The first-order valence-electron chi connectivity index (χ1n) is 7.09. The molecule has 0 saturated heterocycles. The molecular formula is C15H27N3O. The van der Waals surface area contributed by atoms with Crippen LogP contribution in [0.2, 0.25) is 0 Å². The summed E-state index contributed by atoms with van der Waals surface area (Å²) in [7, 11) is 0. The van der Waals surface area contributed by atoms with Crippen LogP contribution in [0.5, 0.6) is 5.88 Å². The molecule has 0 atom stereocenters. The normalized spacial score (nSPS) is 11.7. The minimum absolute atomic E-state index is 0.0207. The van der Waals surface area contributed by atoms with Gasteiger partial charge >= 0.3 is 0 Å². The number of hydrogen-bond acceptors (Lipinski definition) is 4. The highest BCUT2D eigenvalue weighted by atomic mass is 16.5. The minimum atomic E-state index is -0.0207. The van der Waals surface area contributed by atoms with Crippen LogP contribution in [0.4, 0.5) is 5.82 Å². The van der Waals surface area contributed by atoms with Crippen molar-refractivity contribution in [1.82, 2.24) is 9.97 Å². The molecular weight excluding hydrogens is 238 g/mol. The summed E-state index contributed by atoms with van der Waals surface area (Å²) in [5.41, 5.74) is -0.0207. The van der Waals surface area contributed by atoms with Crippen LogP contribution in [0.15, 0.2) is 6.07 Å². The van der Waals surface area contributed by atoms with Gasteiger partial charge in [0.1, 0.15) is 11.6 Å². The van der Waals surface area contributed by atoms with Crippen LogP contribution in [0, 0.1) is 5.92 Å². The topological polar surface area (TPSA) is 47.0 Å². The van der Waals surface area contributed by atoms with Gasteiger partial charge in [-0.3, -0.25) is 0 Å². The number of aryl methyl sites for hydroxylation is 1. The first-order chi connectivity index (χ1) is 8.80. The largest absolute Gasteiger partial charge is 0.477 e. The van der Waals surface area contributed by atoms with Crippen LogP contribution >= 0.6 is 0 Å². The predicted molar refractivity (Wildman–Crippen MR) is 79.7 cm³/mol. The van der Waals surface area contributed by atoms with Gasteiger partial charge in [-0.2, -0.15) is 4.98 Å². The summed E-state index contributed by atoms with van der Waals surface area (Å²) in [6.45, 7) is 13.4. The van der Waals surface area contributed by atoms with E-state index in [1.165, 1.54) is 0 Å². The Morgan fingerprint density at radius 1 is 1.26 bits per heavy atom. The van der Waals surface area contributed by atoms with Gasteiger partial charge in [-0.1, -0.05) is 20.8 Å². The average Bonchev–Trinajstić information content (AvgIpc) is 2.24. The number of aromatic nitrogens is 2. The van der Waals surface area contributed by atoms with Gasteiger partial charge in [-0.15, -0.1) is 0 Å². The van der Waals surface area contributed by atoms with E-state index in [1.807, 2.05) is 6.07 Å². The van der Waals surface area contributed by atoms with Crippen LogP contribution in [-0.2, 0) is 6.42 Å². The lowest BCUT2D eigenvalue weighted by Gasteiger charge is -2.22. The Kier molecular flexibility index (Phi) is 5.58. The molecule has 108 valence electrons. The first-order valence-corrected chi connectivity index (χ1v) is 7.09. The molecule has 0 aliphatic rings. The second-order valence-corrected chi connectivity index (χ2v) is 6.34. The lowest BCUT2D eigenvalue weighted by Crippen LogP contribution is -2.27. The molecule has 0 aromatic carbocycles. The molecule has 0 spiro atoms. The molecule has 1 aromatic rings. The van der Waals surface area contributed by atoms with E-state index in [2.05, 4.69) is 56.8 Å². The number of hydrogen-bond donors (Lipinski definition) is 1. The molecule has 4 nitrogen and oxygen atoms in total. The Hall–Kier alpha value is -1.32. The van der Waals surface area contributed by atoms with Crippen molar-refractivity contribution in [2.45, 2.75) is 59.9 Å². The average molecular weight is 265 g/mol. The molecule has 1 rings (SSSR count). The van der Waals surface area contributed by atoms with E-state index in [0.717, 1.165) is 24.5 Å². The van der Waals surface area contributed by atoms with Crippen LogP contribution in [-0.4, -0.2) is 22.1 Å². The third-order valence-electron chi connectivity index (χ3n) is 2.29. The molecule has 0 radical (unpaired) electrons. The molecule has 19 heavy (non-hydrogen) atoms.